The number of amides is 1. The molecule has 0 unspecified atom stereocenters. The van der Waals surface area contributed by atoms with Gasteiger partial charge in [0.2, 0.25) is 5.89 Å². The average Bonchev–Trinajstić information content (AvgIpc) is 3.18. The first-order valence-electron chi connectivity index (χ1n) is 7.92. The van der Waals surface area contributed by atoms with E-state index in [1.807, 2.05) is 31.2 Å². The van der Waals surface area contributed by atoms with Gasteiger partial charge in [-0.1, -0.05) is 21.1 Å². The second kappa shape index (κ2) is 7.60. The molecule has 0 aliphatic carbocycles. The number of halogens is 1. The lowest BCUT2D eigenvalue weighted by Gasteiger charge is -2.06. The molecule has 3 rings (SSSR count). The van der Waals surface area contributed by atoms with Crippen LogP contribution in [-0.4, -0.2) is 32.4 Å². The minimum atomic E-state index is -0.137. The molecule has 0 atom stereocenters. The predicted molar refractivity (Wildman–Crippen MR) is 95.7 cm³/mol. The van der Waals surface area contributed by atoms with Gasteiger partial charge in [-0.3, -0.25) is 4.79 Å². The summed E-state index contributed by atoms with van der Waals surface area (Å²) in [7, 11) is 0. The van der Waals surface area contributed by atoms with Crippen LogP contribution < -0.4 is 5.32 Å². The highest BCUT2D eigenvalue weighted by molar-refractivity contribution is 9.10. The molecule has 0 saturated heterocycles. The molecule has 1 amide bonds. The normalized spacial score (nSPS) is 10.8. The van der Waals surface area contributed by atoms with Crippen molar-refractivity contribution in [1.29, 1.82) is 0 Å². The van der Waals surface area contributed by atoms with Crippen LogP contribution in [0.3, 0.4) is 0 Å². The zero-order valence-electron chi connectivity index (χ0n) is 14.0. The molecule has 3 aromatic rings. The molecule has 25 heavy (non-hydrogen) atoms. The first-order valence-corrected chi connectivity index (χ1v) is 8.72. The van der Waals surface area contributed by atoms with Crippen LogP contribution in [0.15, 0.2) is 39.5 Å². The molecule has 0 aliphatic heterocycles. The highest BCUT2D eigenvalue weighted by atomic mass is 79.9. The third-order valence-corrected chi connectivity index (χ3v) is 4.28. The van der Waals surface area contributed by atoms with E-state index in [0.29, 0.717) is 30.2 Å². The number of benzene rings is 1. The lowest BCUT2D eigenvalue weighted by atomic mass is 10.2. The second-order valence-electron chi connectivity index (χ2n) is 5.63. The topological polar surface area (TPSA) is 85.8 Å². The summed E-state index contributed by atoms with van der Waals surface area (Å²) in [5.74, 6) is 1.07. The van der Waals surface area contributed by atoms with Crippen LogP contribution in [0.5, 0.6) is 0 Å². The van der Waals surface area contributed by atoms with Crippen molar-refractivity contribution in [3.05, 3.63) is 57.9 Å². The van der Waals surface area contributed by atoms with Gasteiger partial charge < -0.3 is 9.84 Å². The van der Waals surface area contributed by atoms with Crippen LogP contribution in [-0.2, 0) is 6.42 Å². The Balaban J connectivity index is 1.58. The maximum atomic E-state index is 12.4. The molecule has 1 N–H and O–H groups in total. The number of nitrogens with zero attached hydrogens (tertiary/aromatic N) is 4. The summed E-state index contributed by atoms with van der Waals surface area (Å²) < 4.78 is 7.79. The fourth-order valence-electron chi connectivity index (χ4n) is 2.45. The van der Waals surface area contributed by atoms with Crippen molar-refractivity contribution >= 4 is 21.8 Å². The molecule has 8 heteroatoms. The van der Waals surface area contributed by atoms with E-state index >= 15 is 0 Å². The van der Waals surface area contributed by atoms with Gasteiger partial charge in [-0.25, -0.2) is 4.68 Å². The maximum absolute atomic E-state index is 12.4. The number of aryl methyl sites for hydroxylation is 2. The van der Waals surface area contributed by atoms with E-state index in [-0.39, 0.29) is 5.91 Å². The number of nitrogens with one attached hydrogen (secondary N) is 1. The molecular formula is C17H18BrN5O2. The smallest absolute Gasteiger partial charge is 0.254 e. The van der Waals surface area contributed by atoms with Crippen LogP contribution >= 0.6 is 15.9 Å². The van der Waals surface area contributed by atoms with Crippen molar-refractivity contribution in [2.75, 3.05) is 6.54 Å². The van der Waals surface area contributed by atoms with Gasteiger partial charge >= 0.3 is 0 Å². The summed E-state index contributed by atoms with van der Waals surface area (Å²) >= 11 is 3.41. The minimum Gasteiger partial charge on any atom is -0.352 e. The van der Waals surface area contributed by atoms with Crippen molar-refractivity contribution < 1.29 is 9.32 Å². The van der Waals surface area contributed by atoms with Gasteiger partial charge in [0, 0.05) is 17.4 Å². The molecule has 0 spiro atoms. The van der Waals surface area contributed by atoms with Gasteiger partial charge in [0.15, 0.2) is 5.82 Å². The number of hydrogen-bond acceptors (Lipinski definition) is 5. The van der Waals surface area contributed by atoms with Crippen molar-refractivity contribution in [3.63, 3.8) is 0 Å². The third kappa shape index (κ3) is 4.14. The molecule has 7 nitrogen and oxygen atoms in total. The second-order valence-corrected chi connectivity index (χ2v) is 6.54. The lowest BCUT2D eigenvalue weighted by molar-refractivity contribution is 0.0952. The van der Waals surface area contributed by atoms with Gasteiger partial charge in [-0.15, -0.1) is 0 Å². The monoisotopic (exact) mass is 403 g/mol. The summed E-state index contributed by atoms with van der Waals surface area (Å²) in [6.07, 6.45) is 2.96. The zero-order chi connectivity index (χ0) is 17.8. The Bertz CT molecular complexity index is 870. The molecule has 0 fully saturated rings. The number of aromatic nitrogens is 4. The van der Waals surface area contributed by atoms with Crippen LogP contribution in [0, 0.1) is 13.8 Å². The average molecular weight is 404 g/mol. The molecule has 0 radical (unpaired) electrons. The Morgan fingerprint density at radius 2 is 2.04 bits per heavy atom. The molecule has 0 saturated carbocycles. The van der Waals surface area contributed by atoms with Gasteiger partial charge in [0.05, 0.1) is 23.1 Å². The van der Waals surface area contributed by atoms with Gasteiger partial charge in [0.25, 0.3) is 5.91 Å². The van der Waals surface area contributed by atoms with E-state index in [0.717, 1.165) is 22.3 Å². The summed E-state index contributed by atoms with van der Waals surface area (Å²) in [4.78, 5) is 16.5. The summed E-state index contributed by atoms with van der Waals surface area (Å²) in [6.45, 7) is 4.19. The zero-order valence-corrected chi connectivity index (χ0v) is 15.6. The third-order valence-electron chi connectivity index (χ3n) is 3.75. The predicted octanol–water partition coefficient (Wildman–Crippen LogP) is 3.00. The first kappa shape index (κ1) is 17.3. The van der Waals surface area contributed by atoms with E-state index in [9.17, 15) is 4.79 Å². The maximum Gasteiger partial charge on any atom is 0.254 e. The van der Waals surface area contributed by atoms with E-state index in [4.69, 9.17) is 4.52 Å². The van der Waals surface area contributed by atoms with E-state index in [1.165, 1.54) is 0 Å². The Labute approximate surface area is 153 Å². The standard InChI is InChI=1S/C17H18BrN5O2/c1-11-15(10-20-23(11)14-7-5-13(18)6-8-14)17(24)19-9-3-4-16-21-12(2)22-25-16/h5-8,10H,3-4,9H2,1-2H3,(H,19,24). The number of carbonyl (C=O) groups is 1. The van der Waals surface area contributed by atoms with Crippen molar-refractivity contribution in [3.8, 4) is 5.69 Å². The highest BCUT2D eigenvalue weighted by Crippen LogP contribution is 2.17. The van der Waals surface area contributed by atoms with Crippen LogP contribution in [0.1, 0.15) is 34.2 Å². The number of rotatable bonds is 6. The summed E-state index contributed by atoms with van der Waals surface area (Å²) in [5, 5.41) is 11.0. The quantitative estimate of drug-likeness (QED) is 0.639. The minimum absolute atomic E-state index is 0.137. The summed E-state index contributed by atoms with van der Waals surface area (Å²) in [5.41, 5.74) is 2.27. The molecule has 2 aromatic heterocycles. The van der Waals surface area contributed by atoms with E-state index in [1.54, 1.807) is 17.8 Å². The molecule has 1 aromatic carbocycles. The van der Waals surface area contributed by atoms with Gasteiger partial charge in [-0.2, -0.15) is 10.1 Å². The van der Waals surface area contributed by atoms with Crippen LogP contribution in [0.25, 0.3) is 5.69 Å². The van der Waals surface area contributed by atoms with Gasteiger partial charge in [0.1, 0.15) is 0 Å². The van der Waals surface area contributed by atoms with Gasteiger partial charge in [-0.05, 0) is 44.5 Å². The van der Waals surface area contributed by atoms with Crippen LogP contribution in [0.4, 0.5) is 0 Å². The fraction of sp³-hybridized carbons (Fsp3) is 0.294. The molecule has 2 heterocycles. The summed E-state index contributed by atoms with van der Waals surface area (Å²) in [6, 6.07) is 7.77. The fourth-order valence-corrected chi connectivity index (χ4v) is 2.72. The lowest BCUT2D eigenvalue weighted by Crippen LogP contribution is -2.25. The van der Waals surface area contributed by atoms with E-state index in [2.05, 4.69) is 36.5 Å². The SMILES string of the molecule is Cc1noc(CCCNC(=O)c2cnn(-c3ccc(Br)cc3)c2C)n1. The van der Waals surface area contributed by atoms with Crippen molar-refractivity contribution in [2.24, 2.45) is 0 Å². The molecule has 130 valence electrons. The van der Waals surface area contributed by atoms with Crippen molar-refractivity contribution in [1.82, 2.24) is 25.2 Å². The first-order chi connectivity index (χ1) is 12.0. The van der Waals surface area contributed by atoms with Crippen molar-refractivity contribution in [2.45, 2.75) is 26.7 Å². The van der Waals surface area contributed by atoms with E-state index < -0.39 is 0 Å². The number of carbonyl (C=O) groups excluding carboxylic acids is 1. The Morgan fingerprint density at radius 3 is 2.72 bits per heavy atom. The molecular weight excluding hydrogens is 386 g/mol. The number of hydrogen-bond donors (Lipinski definition) is 1. The highest BCUT2D eigenvalue weighted by Gasteiger charge is 2.15. The molecule has 0 aliphatic rings. The largest absolute Gasteiger partial charge is 0.352 e. The Hall–Kier alpha value is -2.48. The molecule has 0 bridgehead atoms. The Morgan fingerprint density at radius 1 is 1.28 bits per heavy atom. The Kier molecular flexibility index (Phi) is 5.28. The van der Waals surface area contributed by atoms with Crippen LogP contribution in [0.2, 0.25) is 0 Å².